The zero-order valence-electron chi connectivity index (χ0n) is 10.7. The lowest BCUT2D eigenvalue weighted by atomic mass is 10.3. The summed E-state index contributed by atoms with van der Waals surface area (Å²) < 4.78 is 37.0. The number of hydrogen-bond donors (Lipinski definition) is 1. The molecule has 2 aromatic rings. The van der Waals surface area contributed by atoms with Crippen molar-refractivity contribution >= 4 is 10.0 Å². The van der Waals surface area contributed by atoms with Gasteiger partial charge < -0.3 is 9.15 Å². The van der Waals surface area contributed by atoms with Crippen LogP contribution in [0.25, 0.3) is 0 Å². The number of furan rings is 1. The fraction of sp³-hybridized carbons (Fsp3) is 0.231. The summed E-state index contributed by atoms with van der Waals surface area (Å²) in [6, 6.07) is 9.21. The van der Waals surface area contributed by atoms with Crippen LogP contribution in [0.5, 0.6) is 5.75 Å². The van der Waals surface area contributed by atoms with E-state index in [2.05, 4.69) is 4.72 Å². The first-order valence-corrected chi connectivity index (χ1v) is 7.21. The highest BCUT2D eigenvalue weighted by Gasteiger charge is 2.19. The average molecular weight is 281 g/mol. The van der Waals surface area contributed by atoms with Gasteiger partial charge in [-0.3, -0.25) is 0 Å². The van der Waals surface area contributed by atoms with Crippen LogP contribution in [-0.2, 0) is 10.0 Å². The SMILES string of the molecule is COc1ccc(S(=O)(=O)N[C@@H](C)c2ccco2)cc1. The second-order valence-corrected chi connectivity index (χ2v) is 5.75. The minimum absolute atomic E-state index is 0.187. The first-order valence-electron chi connectivity index (χ1n) is 5.73. The number of methoxy groups -OCH3 is 1. The van der Waals surface area contributed by atoms with E-state index in [4.69, 9.17) is 9.15 Å². The van der Waals surface area contributed by atoms with Crippen molar-refractivity contribution in [3.63, 3.8) is 0 Å². The maximum Gasteiger partial charge on any atom is 0.241 e. The minimum atomic E-state index is -3.58. The van der Waals surface area contributed by atoms with E-state index in [0.717, 1.165) is 0 Å². The molecule has 19 heavy (non-hydrogen) atoms. The van der Waals surface area contributed by atoms with Crippen molar-refractivity contribution in [2.75, 3.05) is 7.11 Å². The van der Waals surface area contributed by atoms with E-state index in [-0.39, 0.29) is 4.90 Å². The van der Waals surface area contributed by atoms with E-state index >= 15 is 0 Å². The normalized spacial score (nSPS) is 13.2. The van der Waals surface area contributed by atoms with E-state index in [0.29, 0.717) is 11.5 Å². The Morgan fingerprint density at radius 1 is 1.21 bits per heavy atom. The number of ether oxygens (including phenoxy) is 1. The molecule has 0 saturated heterocycles. The van der Waals surface area contributed by atoms with E-state index in [1.807, 2.05) is 0 Å². The third kappa shape index (κ3) is 3.15. The molecule has 0 aliphatic carbocycles. The minimum Gasteiger partial charge on any atom is -0.497 e. The summed E-state index contributed by atoms with van der Waals surface area (Å²) in [6.07, 6.45) is 1.51. The molecular weight excluding hydrogens is 266 g/mol. The van der Waals surface area contributed by atoms with Crippen molar-refractivity contribution in [1.29, 1.82) is 0 Å². The maximum atomic E-state index is 12.1. The topological polar surface area (TPSA) is 68.5 Å². The van der Waals surface area contributed by atoms with E-state index < -0.39 is 16.1 Å². The molecule has 0 aliphatic heterocycles. The van der Waals surface area contributed by atoms with Gasteiger partial charge in [-0.15, -0.1) is 0 Å². The molecule has 0 radical (unpaired) electrons. The molecule has 5 nitrogen and oxygen atoms in total. The summed E-state index contributed by atoms with van der Waals surface area (Å²) in [5.74, 6) is 1.18. The number of hydrogen-bond acceptors (Lipinski definition) is 4. The van der Waals surface area contributed by atoms with Crippen LogP contribution in [0.4, 0.5) is 0 Å². The van der Waals surface area contributed by atoms with Crippen LogP contribution in [0.15, 0.2) is 52.0 Å². The Morgan fingerprint density at radius 3 is 2.42 bits per heavy atom. The first-order chi connectivity index (χ1) is 9.03. The highest BCUT2D eigenvalue weighted by Crippen LogP contribution is 2.19. The average Bonchev–Trinajstić information content (AvgIpc) is 2.92. The number of nitrogens with one attached hydrogen (secondary N) is 1. The molecule has 0 aliphatic rings. The predicted octanol–water partition coefficient (Wildman–Crippen LogP) is 2.33. The molecule has 1 aromatic heterocycles. The van der Waals surface area contributed by atoms with E-state index in [1.54, 1.807) is 31.2 Å². The third-order valence-corrected chi connectivity index (χ3v) is 4.23. The Labute approximate surface area is 112 Å². The lowest BCUT2D eigenvalue weighted by Gasteiger charge is -2.12. The van der Waals surface area contributed by atoms with Crippen LogP contribution < -0.4 is 9.46 Å². The quantitative estimate of drug-likeness (QED) is 0.913. The van der Waals surface area contributed by atoms with Crippen LogP contribution in [0, 0.1) is 0 Å². The molecule has 1 heterocycles. The molecule has 1 aromatic carbocycles. The largest absolute Gasteiger partial charge is 0.497 e. The lowest BCUT2D eigenvalue weighted by molar-refractivity contribution is 0.414. The highest BCUT2D eigenvalue weighted by molar-refractivity contribution is 7.89. The van der Waals surface area contributed by atoms with Crippen LogP contribution >= 0.6 is 0 Å². The second-order valence-electron chi connectivity index (χ2n) is 4.03. The predicted molar refractivity (Wildman–Crippen MR) is 70.4 cm³/mol. The van der Waals surface area contributed by atoms with Crippen molar-refractivity contribution in [3.05, 3.63) is 48.4 Å². The summed E-state index contributed by atoms with van der Waals surface area (Å²) in [7, 11) is -2.05. The molecule has 102 valence electrons. The molecular formula is C13H15NO4S. The van der Waals surface area contributed by atoms with Gasteiger partial charge in [0, 0.05) is 0 Å². The van der Waals surface area contributed by atoms with Gasteiger partial charge in [0.2, 0.25) is 10.0 Å². The van der Waals surface area contributed by atoms with Crippen LogP contribution in [0.1, 0.15) is 18.7 Å². The molecule has 6 heteroatoms. The Kier molecular flexibility index (Phi) is 3.92. The first kappa shape index (κ1) is 13.6. The second kappa shape index (κ2) is 5.46. The fourth-order valence-electron chi connectivity index (χ4n) is 1.65. The van der Waals surface area contributed by atoms with Crippen molar-refractivity contribution in [2.24, 2.45) is 0 Å². The Hall–Kier alpha value is -1.79. The Balaban J connectivity index is 2.17. The number of benzene rings is 1. The molecule has 0 spiro atoms. The zero-order chi connectivity index (χ0) is 13.9. The van der Waals surface area contributed by atoms with Gasteiger partial charge in [0.1, 0.15) is 11.5 Å². The molecule has 1 N–H and O–H groups in total. The van der Waals surface area contributed by atoms with Crippen LogP contribution in [0.2, 0.25) is 0 Å². The Morgan fingerprint density at radius 2 is 1.89 bits per heavy atom. The molecule has 0 amide bonds. The molecule has 0 fully saturated rings. The smallest absolute Gasteiger partial charge is 0.241 e. The molecule has 0 saturated carbocycles. The summed E-state index contributed by atoms with van der Waals surface area (Å²) in [5.41, 5.74) is 0. The van der Waals surface area contributed by atoms with Gasteiger partial charge >= 0.3 is 0 Å². The molecule has 2 rings (SSSR count). The fourth-order valence-corrected chi connectivity index (χ4v) is 2.86. The molecule has 0 bridgehead atoms. The van der Waals surface area contributed by atoms with Gasteiger partial charge in [0.25, 0.3) is 0 Å². The van der Waals surface area contributed by atoms with Crippen molar-refractivity contribution in [1.82, 2.24) is 4.72 Å². The summed E-state index contributed by atoms with van der Waals surface area (Å²) in [4.78, 5) is 0.187. The van der Waals surface area contributed by atoms with Crippen molar-refractivity contribution in [3.8, 4) is 5.75 Å². The van der Waals surface area contributed by atoms with Gasteiger partial charge in [-0.2, -0.15) is 0 Å². The van der Waals surface area contributed by atoms with Crippen molar-refractivity contribution < 1.29 is 17.6 Å². The van der Waals surface area contributed by atoms with Gasteiger partial charge in [-0.1, -0.05) is 0 Å². The van der Waals surface area contributed by atoms with Gasteiger partial charge in [0.05, 0.1) is 24.3 Å². The monoisotopic (exact) mass is 281 g/mol. The van der Waals surface area contributed by atoms with Gasteiger partial charge in [-0.25, -0.2) is 13.1 Å². The van der Waals surface area contributed by atoms with E-state index in [1.165, 1.54) is 25.5 Å². The zero-order valence-corrected chi connectivity index (χ0v) is 11.5. The van der Waals surface area contributed by atoms with Gasteiger partial charge in [0.15, 0.2) is 0 Å². The lowest BCUT2D eigenvalue weighted by Crippen LogP contribution is -2.26. The van der Waals surface area contributed by atoms with Crippen LogP contribution in [-0.4, -0.2) is 15.5 Å². The summed E-state index contributed by atoms with van der Waals surface area (Å²) in [5, 5.41) is 0. The Bertz CT molecular complexity index is 617. The van der Waals surface area contributed by atoms with Gasteiger partial charge in [-0.05, 0) is 43.3 Å². The number of rotatable bonds is 5. The summed E-state index contributed by atoms with van der Waals surface area (Å²) in [6.45, 7) is 1.72. The number of sulfonamides is 1. The third-order valence-electron chi connectivity index (χ3n) is 2.67. The highest BCUT2D eigenvalue weighted by atomic mass is 32.2. The maximum absolute atomic E-state index is 12.1. The van der Waals surface area contributed by atoms with Crippen LogP contribution in [0.3, 0.4) is 0 Å². The molecule has 0 unspecified atom stereocenters. The summed E-state index contributed by atoms with van der Waals surface area (Å²) >= 11 is 0. The van der Waals surface area contributed by atoms with E-state index in [9.17, 15) is 8.42 Å². The molecule has 1 atom stereocenters. The standard InChI is InChI=1S/C13H15NO4S/c1-10(13-4-3-9-18-13)14-19(15,16)12-7-5-11(17-2)6-8-12/h3-10,14H,1-2H3/t10-/m0/s1. The van der Waals surface area contributed by atoms with Crippen molar-refractivity contribution in [2.45, 2.75) is 17.9 Å².